The zero-order valence-electron chi connectivity index (χ0n) is 8.32. The van der Waals surface area contributed by atoms with Gasteiger partial charge in [-0.25, -0.2) is 0 Å². The highest BCUT2D eigenvalue weighted by molar-refractivity contribution is 5.00. The van der Waals surface area contributed by atoms with Crippen molar-refractivity contribution in [2.24, 2.45) is 11.8 Å². The molecule has 1 rings (SSSR count). The summed E-state index contributed by atoms with van der Waals surface area (Å²) in [6.45, 7) is 2.26. The largest absolute Gasteiger partial charge is 0.396 e. The second kappa shape index (κ2) is 5.40. The summed E-state index contributed by atoms with van der Waals surface area (Å²) in [6, 6.07) is 0. The van der Waals surface area contributed by atoms with Crippen LogP contribution in [0.3, 0.4) is 0 Å². The first-order valence-electron chi connectivity index (χ1n) is 5.25. The van der Waals surface area contributed by atoms with Crippen LogP contribution in [0.25, 0.3) is 0 Å². The molecule has 0 unspecified atom stereocenters. The predicted molar refractivity (Wildman–Crippen MR) is 53.4 cm³/mol. The summed E-state index contributed by atoms with van der Waals surface area (Å²) >= 11 is 0. The minimum atomic E-state index is -0.332. The van der Waals surface area contributed by atoms with Crippen molar-refractivity contribution in [3.8, 4) is 0 Å². The number of rotatable bonds is 4. The smallest absolute Gasteiger partial charge is 0.0655 e. The van der Waals surface area contributed by atoms with Crippen LogP contribution >= 0.6 is 0 Å². The Labute approximate surface area is 80.3 Å². The lowest BCUT2D eigenvalue weighted by molar-refractivity contribution is 0.0294. The van der Waals surface area contributed by atoms with E-state index in [-0.39, 0.29) is 24.5 Å². The minimum absolute atomic E-state index is 0.0619. The number of hydrogen-bond acceptors (Lipinski definition) is 2. The van der Waals surface area contributed by atoms with E-state index >= 15 is 0 Å². The maximum Gasteiger partial charge on any atom is 0.0655 e. The van der Waals surface area contributed by atoms with E-state index < -0.39 is 0 Å². The van der Waals surface area contributed by atoms with E-state index in [4.69, 9.17) is 5.11 Å². The van der Waals surface area contributed by atoms with Crippen LogP contribution in [0.4, 0.5) is 0 Å². The van der Waals surface area contributed by atoms with Gasteiger partial charge in [-0.05, 0) is 12.8 Å². The second-order valence-electron chi connectivity index (χ2n) is 3.90. The van der Waals surface area contributed by atoms with Crippen molar-refractivity contribution < 1.29 is 10.2 Å². The van der Waals surface area contributed by atoms with Crippen LogP contribution in [0.2, 0.25) is 0 Å². The van der Waals surface area contributed by atoms with Gasteiger partial charge in [0.05, 0.1) is 6.10 Å². The first kappa shape index (κ1) is 10.7. The van der Waals surface area contributed by atoms with Gasteiger partial charge < -0.3 is 10.2 Å². The van der Waals surface area contributed by atoms with Crippen molar-refractivity contribution in [2.45, 2.75) is 38.7 Å². The Morgan fingerprint density at radius 1 is 1.46 bits per heavy atom. The summed E-state index contributed by atoms with van der Waals surface area (Å²) in [5.41, 5.74) is 0. The van der Waals surface area contributed by atoms with Gasteiger partial charge in [-0.2, -0.15) is 0 Å². The molecule has 0 radical (unpaired) electrons. The third kappa shape index (κ3) is 2.82. The molecule has 0 bridgehead atoms. The molecule has 0 spiro atoms. The van der Waals surface area contributed by atoms with E-state index in [1.54, 1.807) is 0 Å². The second-order valence-corrected chi connectivity index (χ2v) is 3.90. The van der Waals surface area contributed by atoms with Crippen molar-refractivity contribution in [1.29, 1.82) is 0 Å². The van der Waals surface area contributed by atoms with E-state index in [2.05, 4.69) is 19.1 Å². The van der Waals surface area contributed by atoms with Crippen LogP contribution in [-0.4, -0.2) is 22.9 Å². The molecule has 0 aromatic carbocycles. The maximum absolute atomic E-state index is 9.84. The van der Waals surface area contributed by atoms with Gasteiger partial charge in [-0.15, -0.1) is 0 Å². The topological polar surface area (TPSA) is 40.5 Å². The summed E-state index contributed by atoms with van der Waals surface area (Å²) in [4.78, 5) is 0. The van der Waals surface area contributed by atoms with Crippen LogP contribution in [0.15, 0.2) is 12.2 Å². The molecule has 0 aromatic rings. The number of aliphatic hydroxyl groups excluding tert-OH is 2. The molecule has 0 fully saturated rings. The number of aliphatic hydroxyl groups is 2. The van der Waals surface area contributed by atoms with E-state index in [9.17, 15) is 5.11 Å². The molecule has 2 heteroatoms. The molecule has 0 saturated carbocycles. The minimum Gasteiger partial charge on any atom is -0.396 e. The summed E-state index contributed by atoms with van der Waals surface area (Å²) < 4.78 is 0. The molecule has 0 aliphatic heterocycles. The van der Waals surface area contributed by atoms with Gasteiger partial charge in [0.1, 0.15) is 0 Å². The molecule has 2 N–H and O–H groups in total. The molecule has 0 saturated heterocycles. The van der Waals surface area contributed by atoms with Crippen LogP contribution in [0, 0.1) is 11.8 Å². The number of allylic oxidation sites excluding steroid dienone is 1. The van der Waals surface area contributed by atoms with Gasteiger partial charge in [0.15, 0.2) is 0 Å². The fraction of sp³-hybridized carbons (Fsp3) is 0.818. The predicted octanol–water partition coefficient (Wildman–Crippen LogP) is 1.72. The average molecular weight is 184 g/mol. The highest BCUT2D eigenvalue weighted by atomic mass is 16.3. The van der Waals surface area contributed by atoms with Crippen LogP contribution in [0.5, 0.6) is 0 Å². The Balaban J connectivity index is 2.44. The quantitative estimate of drug-likeness (QED) is 0.653. The third-order valence-electron chi connectivity index (χ3n) is 2.87. The van der Waals surface area contributed by atoms with Gasteiger partial charge in [-0.3, -0.25) is 0 Å². The Morgan fingerprint density at radius 3 is 2.85 bits per heavy atom. The molecule has 2 nitrogen and oxygen atoms in total. The van der Waals surface area contributed by atoms with Crippen molar-refractivity contribution in [1.82, 2.24) is 0 Å². The molecule has 0 heterocycles. The standard InChI is InChI=1S/C11H20O2/c1-2-3-5-9-6-4-7-10(8-12)11(9)13/h4,6,9-13H,2-3,5,7-8H2,1H3/t9-,10+,11-/m1/s1. The number of unbranched alkanes of at least 4 members (excludes halogenated alkanes) is 1. The van der Waals surface area contributed by atoms with E-state index in [0.717, 1.165) is 19.3 Å². The lowest BCUT2D eigenvalue weighted by Gasteiger charge is -2.29. The maximum atomic E-state index is 9.84. The normalized spacial score (nSPS) is 33.6. The van der Waals surface area contributed by atoms with Crippen molar-refractivity contribution in [2.75, 3.05) is 6.61 Å². The third-order valence-corrected chi connectivity index (χ3v) is 2.87. The summed E-state index contributed by atoms with van der Waals surface area (Å²) in [7, 11) is 0. The van der Waals surface area contributed by atoms with Crippen LogP contribution in [-0.2, 0) is 0 Å². The fourth-order valence-corrected chi connectivity index (χ4v) is 1.92. The Bertz CT molecular complexity index is 165. The Hall–Kier alpha value is -0.340. The average Bonchev–Trinajstić information content (AvgIpc) is 2.16. The van der Waals surface area contributed by atoms with E-state index in [1.165, 1.54) is 6.42 Å². The number of hydrogen-bond donors (Lipinski definition) is 2. The molecular formula is C11H20O2. The first-order valence-corrected chi connectivity index (χ1v) is 5.25. The lowest BCUT2D eigenvalue weighted by Crippen LogP contribution is -2.32. The zero-order valence-corrected chi connectivity index (χ0v) is 8.32. The van der Waals surface area contributed by atoms with Gasteiger partial charge in [0.25, 0.3) is 0 Å². The molecule has 3 atom stereocenters. The van der Waals surface area contributed by atoms with Gasteiger partial charge in [-0.1, -0.05) is 31.9 Å². The lowest BCUT2D eigenvalue weighted by atomic mass is 9.81. The molecular weight excluding hydrogens is 164 g/mol. The summed E-state index contributed by atoms with van der Waals surface area (Å²) in [5, 5.41) is 18.9. The Morgan fingerprint density at radius 2 is 2.23 bits per heavy atom. The van der Waals surface area contributed by atoms with Crippen molar-refractivity contribution in [3.05, 3.63) is 12.2 Å². The summed E-state index contributed by atoms with van der Waals surface area (Å²) in [6.07, 6.45) is 8.05. The van der Waals surface area contributed by atoms with Crippen molar-refractivity contribution >= 4 is 0 Å². The van der Waals surface area contributed by atoms with E-state index in [1.807, 2.05) is 0 Å². The molecule has 0 amide bonds. The molecule has 0 aromatic heterocycles. The molecule has 1 aliphatic carbocycles. The van der Waals surface area contributed by atoms with Crippen molar-refractivity contribution in [3.63, 3.8) is 0 Å². The zero-order chi connectivity index (χ0) is 9.68. The molecule has 76 valence electrons. The monoisotopic (exact) mass is 184 g/mol. The first-order chi connectivity index (χ1) is 6.29. The SMILES string of the molecule is CCCC[C@@H]1C=CC[C@@H](CO)[C@@H]1O. The van der Waals surface area contributed by atoms with E-state index in [0.29, 0.717) is 0 Å². The molecule has 13 heavy (non-hydrogen) atoms. The van der Waals surface area contributed by atoms with Gasteiger partial charge >= 0.3 is 0 Å². The molecule has 1 aliphatic rings. The highest BCUT2D eigenvalue weighted by Gasteiger charge is 2.27. The van der Waals surface area contributed by atoms with Gasteiger partial charge in [0, 0.05) is 18.4 Å². The van der Waals surface area contributed by atoms with Crippen LogP contribution < -0.4 is 0 Å². The fourth-order valence-electron chi connectivity index (χ4n) is 1.92. The summed E-state index contributed by atoms with van der Waals surface area (Å²) in [5.74, 6) is 0.331. The Kier molecular flexibility index (Phi) is 4.46. The van der Waals surface area contributed by atoms with Gasteiger partial charge in [0.2, 0.25) is 0 Å². The van der Waals surface area contributed by atoms with Crippen LogP contribution in [0.1, 0.15) is 32.6 Å². The highest BCUT2D eigenvalue weighted by Crippen LogP contribution is 2.27.